The van der Waals surface area contributed by atoms with Crippen molar-refractivity contribution in [2.24, 2.45) is 0 Å². The summed E-state index contributed by atoms with van der Waals surface area (Å²) in [5.41, 5.74) is 0. The Bertz CT molecular complexity index is 314. The minimum absolute atomic E-state index is 0.462. The lowest BCUT2D eigenvalue weighted by atomic mass is 10.3. The third kappa shape index (κ3) is 1.95. The molecule has 77 valence electrons. The van der Waals surface area contributed by atoms with E-state index < -0.39 is 42.2 Å². The second-order valence-corrected chi connectivity index (χ2v) is 2.28. The largest absolute Gasteiger partial charge is 0.485 e. The van der Waals surface area contributed by atoms with Crippen LogP contribution in [0, 0.1) is 29.3 Å². The zero-order valence-corrected chi connectivity index (χ0v) is 6.78. The summed E-state index contributed by atoms with van der Waals surface area (Å²) >= 11 is 0. The molecule has 0 fully saturated rings. The van der Waals surface area contributed by atoms with E-state index in [0.29, 0.717) is 0 Å². The Morgan fingerprint density at radius 3 is 2.00 bits per heavy atom. The molecule has 0 bridgehead atoms. The second kappa shape index (κ2) is 4.28. The van der Waals surface area contributed by atoms with Crippen molar-refractivity contribution in [2.75, 3.05) is 13.2 Å². The molecule has 0 heterocycles. The van der Waals surface area contributed by atoms with E-state index >= 15 is 0 Å². The molecule has 0 amide bonds. The molecule has 6 heteroatoms. The summed E-state index contributed by atoms with van der Waals surface area (Å²) in [6.45, 7) is -0.989. The fraction of sp³-hybridized carbons (Fsp3) is 0.250. The van der Waals surface area contributed by atoms with E-state index in [0.717, 1.165) is 0 Å². The van der Waals surface area contributed by atoms with E-state index in [2.05, 4.69) is 4.74 Å². The van der Waals surface area contributed by atoms with Crippen molar-refractivity contribution in [3.63, 3.8) is 0 Å². The number of hydrogen-bond donors (Lipinski definition) is 1. The first-order chi connectivity index (χ1) is 6.57. The standard InChI is InChI=1S/C8H5F4O2/c9-4-3-5(10)7(12)8(6(4)11)14-2-1-13/h13H,1-2H2. The highest BCUT2D eigenvalue weighted by Crippen LogP contribution is 2.25. The number of halogens is 4. The summed E-state index contributed by atoms with van der Waals surface area (Å²) in [4.78, 5) is 0. The van der Waals surface area contributed by atoms with Gasteiger partial charge >= 0.3 is 0 Å². The van der Waals surface area contributed by atoms with Gasteiger partial charge in [0.2, 0.25) is 11.6 Å². The molecule has 1 aromatic carbocycles. The van der Waals surface area contributed by atoms with Crippen LogP contribution in [0.4, 0.5) is 17.6 Å². The maximum absolute atomic E-state index is 12.7. The molecule has 1 radical (unpaired) electrons. The number of hydrogen-bond acceptors (Lipinski definition) is 2. The van der Waals surface area contributed by atoms with Crippen molar-refractivity contribution >= 4 is 0 Å². The quantitative estimate of drug-likeness (QED) is 0.602. The van der Waals surface area contributed by atoms with Crippen LogP contribution in [0.2, 0.25) is 0 Å². The molecule has 1 aromatic rings. The molecule has 0 aliphatic rings. The Morgan fingerprint density at radius 2 is 1.57 bits per heavy atom. The fourth-order valence-corrected chi connectivity index (χ4v) is 0.776. The first-order valence-electron chi connectivity index (χ1n) is 3.56. The van der Waals surface area contributed by atoms with Crippen LogP contribution in [0.25, 0.3) is 0 Å². The van der Waals surface area contributed by atoms with Gasteiger partial charge in [0, 0.05) is 0 Å². The topological polar surface area (TPSA) is 29.5 Å². The predicted molar refractivity (Wildman–Crippen MR) is 37.7 cm³/mol. The van der Waals surface area contributed by atoms with Crippen molar-refractivity contribution in [1.29, 1.82) is 0 Å². The molecule has 0 aliphatic heterocycles. The summed E-state index contributed by atoms with van der Waals surface area (Å²) in [6.07, 6.45) is 0. The van der Waals surface area contributed by atoms with Crippen molar-refractivity contribution < 1.29 is 27.4 Å². The van der Waals surface area contributed by atoms with Crippen LogP contribution in [-0.2, 0) is 0 Å². The van der Waals surface area contributed by atoms with Crippen LogP contribution in [0.1, 0.15) is 0 Å². The van der Waals surface area contributed by atoms with Crippen LogP contribution in [0.5, 0.6) is 5.75 Å². The molecule has 14 heavy (non-hydrogen) atoms. The fourth-order valence-electron chi connectivity index (χ4n) is 0.776. The lowest BCUT2D eigenvalue weighted by Gasteiger charge is -2.07. The Balaban J connectivity index is 3.11. The highest BCUT2D eigenvalue weighted by atomic mass is 19.2. The van der Waals surface area contributed by atoms with Crippen LogP contribution < -0.4 is 4.74 Å². The first-order valence-corrected chi connectivity index (χ1v) is 3.56. The molecular weight excluding hydrogens is 204 g/mol. The lowest BCUT2D eigenvalue weighted by molar-refractivity contribution is 0.187. The van der Waals surface area contributed by atoms with Crippen molar-refractivity contribution in [2.45, 2.75) is 0 Å². The minimum atomic E-state index is -1.67. The van der Waals surface area contributed by atoms with Gasteiger partial charge in [0.1, 0.15) is 6.61 Å². The summed E-state index contributed by atoms with van der Waals surface area (Å²) < 4.78 is 54.7. The third-order valence-corrected chi connectivity index (χ3v) is 1.34. The van der Waals surface area contributed by atoms with Crippen molar-refractivity contribution in [3.05, 3.63) is 29.3 Å². The lowest BCUT2D eigenvalue weighted by Crippen LogP contribution is -2.07. The van der Waals surface area contributed by atoms with E-state index in [1.54, 1.807) is 0 Å². The van der Waals surface area contributed by atoms with Gasteiger partial charge < -0.3 is 9.84 Å². The maximum Gasteiger partial charge on any atom is 0.204 e. The van der Waals surface area contributed by atoms with E-state index in [1.165, 1.54) is 6.07 Å². The van der Waals surface area contributed by atoms with E-state index in [4.69, 9.17) is 5.11 Å². The van der Waals surface area contributed by atoms with Crippen LogP contribution in [0.3, 0.4) is 0 Å². The molecule has 0 aromatic heterocycles. The SMILES string of the molecule is OCCOc1c(F)c(F)[c]c(F)c1F. The van der Waals surface area contributed by atoms with E-state index in [-0.39, 0.29) is 0 Å². The molecule has 0 saturated heterocycles. The molecule has 0 saturated carbocycles. The first kappa shape index (κ1) is 10.8. The molecule has 1 N–H and O–H groups in total. The average molecular weight is 209 g/mol. The second-order valence-electron chi connectivity index (χ2n) is 2.28. The zero-order chi connectivity index (χ0) is 10.7. The molecule has 0 aliphatic carbocycles. The zero-order valence-electron chi connectivity index (χ0n) is 6.78. The Kier molecular flexibility index (Phi) is 3.29. The number of benzene rings is 1. The minimum Gasteiger partial charge on any atom is -0.485 e. The summed E-state index contributed by atoms with van der Waals surface area (Å²) in [5.74, 6) is -7.86. The summed E-state index contributed by atoms with van der Waals surface area (Å²) in [6, 6.07) is 1.20. The highest BCUT2D eigenvalue weighted by molar-refractivity contribution is 5.27. The van der Waals surface area contributed by atoms with Gasteiger partial charge in [-0.05, 0) is 0 Å². The van der Waals surface area contributed by atoms with Crippen LogP contribution >= 0.6 is 0 Å². The van der Waals surface area contributed by atoms with Gasteiger partial charge in [-0.2, -0.15) is 8.78 Å². The van der Waals surface area contributed by atoms with E-state index in [9.17, 15) is 17.6 Å². The Morgan fingerprint density at radius 1 is 1.07 bits per heavy atom. The van der Waals surface area contributed by atoms with Gasteiger partial charge in [-0.15, -0.1) is 0 Å². The van der Waals surface area contributed by atoms with Gasteiger partial charge in [0.05, 0.1) is 12.7 Å². The third-order valence-electron chi connectivity index (χ3n) is 1.34. The molecule has 2 nitrogen and oxygen atoms in total. The summed E-state index contributed by atoms with van der Waals surface area (Å²) in [7, 11) is 0. The van der Waals surface area contributed by atoms with Crippen LogP contribution in [-0.4, -0.2) is 18.3 Å². The maximum atomic E-state index is 12.7. The van der Waals surface area contributed by atoms with Gasteiger partial charge in [-0.1, -0.05) is 0 Å². The van der Waals surface area contributed by atoms with E-state index in [1.807, 2.05) is 0 Å². The molecule has 1 rings (SSSR count). The van der Waals surface area contributed by atoms with Crippen LogP contribution in [0.15, 0.2) is 0 Å². The van der Waals surface area contributed by atoms with Gasteiger partial charge in [-0.3, -0.25) is 0 Å². The number of rotatable bonds is 3. The Hall–Kier alpha value is -1.30. The molecule has 0 unspecified atom stereocenters. The highest BCUT2D eigenvalue weighted by Gasteiger charge is 2.20. The summed E-state index contributed by atoms with van der Waals surface area (Å²) in [5, 5.41) is 8.28. The number of aliphatic hydroxyl groups excluding tert-OH is 1. The predicted octanol–water partition coefficient (Wildman–Crippen LogP) is 1.41. The smallest absolute Gasteiger partial charge is 0.204 e. The number of ether oxygens (including phenoxy) is 1. The van der Waals surface area contributed by atoms with Gasteiger partial charge in [0.25, 0.3) is 0 Å². The monoisotopic (exact) mass is 209 g/mol. The van der Waals surface area contributed by atoms with Crippen molar-refractivity contribution in [3.8, 4) is 5.75 Å². The Labute approximate surface area is 76.7 Å². The number of aliphatic hydroxyl groups is 1. The van der Waals surface area contributed by atoms with Gasteiger partial charge in [0.15, 0.2) is 17.4 Å². The normalized spacial score (nSPS) is 10.4. The molecule has 0 atom stereocenters. The molecule has 0 spiro atoms. The van der Waals surface area contributed by atoms with Gasteiger partial charge in [-0.25, -0.2) is 8.78 Å². The average Bonchev–Trinajstić information content (AvgIpc) is 2.15. The molecular formula is C8H5F4O2. The van der Waals surface area contributed by atoms with Crippen molar-refractivity contribution in [1.82, 2.24) is 0 Å².